The molecule has 5 N–H and O–H groups in total. The van der Waals surface area contributed by atoms with E-state index in [1.165, 1.54) is 0 Å². The zero-order chi connectivity index (χ0) is 26.4. The predicted octanol–water partition coefficient (Wildman–Crippen LogP) is 4.03. The van der Waals surface area contributed by atoms with Crippen molar-refractivity contribution >= 4 is 19.8 Å². The number of allylic oxidation sites excluding steroid dienone is 6. The van der Waals surface area contributed by atoms with E-state index in [-0.39, 0.29) is 6.42 Å². The van der Waals surface area contributed by atoms with Crippen LogP contribution < -0.4 is 5.73 Å². The van der Waals surface area contributed by atoms with Gasteiger partial charge in [-0.1, -0.05) is 62.6 Å². The fourth-order valence-corrected chi connectivity index (χ4v) is 3.45. The Morgan fingerprint density at radius 3 is 2.11 bits per heavy atom. The summed E-state index contributed by atoms with van der Waals surface area (Å²) in [7, 11) is -4.59. The highest BCUT2D eigenvalue weighted by molar-refractivity contribution is 7.47. The van der Waals surface area contributed by atoms with Crippen LogP contribution in [0.3, 0.4) is 0 Å². The Labute approximate surface area is 208 Å². The van der Waals surface area contributed by atoms with Crippen LogP contribution in [0.5, 0.6) is 0 Å². The molecule has 0 spiro atoms. The highest BCUT2D eigenvalue weighted by atomic mass is 31.2. The largest absolute Gasteiger partial charge is 0.480 e. The van der Waals surface area contributed by atoms with Crippen molar-refractivity contribution in [3.8, 4) is 0 Å². The number of unbranched alkanes of at least 4 members (excludes halogenated alkanes) is 5. The Kier molecular flexibility index (Phi) is 20.4. The molecule has 10 nitrogen and oxygen atoms in total. The van der Waals surface area contributed by atoms with Crippen molar-refractivity contribution in [2.45, 2.75) is 83.3 Å². The maximum atomic E-state index is 11.7. The van der Waals surface area contributed by atoms with Crippen molar-refractivity contribution in [2.75, 3.05) is 19.8 Å². The van der Waals surface area contributed by atoms with Crippen LogP contribution in [0.1, 0.15) is 71.1 Å². The Morgan fingerprint density at radius 2 is 1.46 bits per heavy atom. The van der Waals surface area contributed by atoms with Crippen LogP contribution in [-0.4, -0.2) is 59.0 Å². The zero-order valence-corrected chi connectivity index (χ0v) is 21.5. The van der Waals surface area contributed by atoms with Gasteiger partial charge in [0.2, 0.25) is 0 Å². The van der Waals surface area contributed by atoms with Gasteiger partial charge in [-0.3, -0.25) is 18.6 Å². The fraction of sp³-hybridized carbons (Fsp3) is 0.667. The van der Waals surface area contributed by atoms with Gasteiger partial charge in [-0.2, -0.15) is 0 Å². The highest BCUT2D eigenvalue weighted by Crippen LogP contribution is 2.43. The number of ether oxygens (including phenoxy) is 1. The molecule has 0 rings (SSSR count). The molecule has 0 amide bonds. The van der Waals surface area contributed by atoms with Crippen LogP contribution in [0.25, 0.3) is 0 Å². The van der Waals surface area contributed by atoms with E-state index in [4.69, 9.17) is 15.6 Å². The minimum atomic E-state index is -4.59. The molecule has 0 aliphatic rings. The number of carbonyl (C=O) groups is 2. The van der Waals surface area contributed by atoms with Gasteiger partial charge in [0.25, 0.3) is 0 Å². The molecule has 0 saturated heterocycles. The Balaban J connectivity index is 3.69. The van der Waals surface area contributed by atoms with E-state index in [2.05, 4.69) is 52.4 Å². The molecule has 0 saturated carbocycles. The first kappa shape index (κ1) is 33.2. The predicted molar refractivity (Wildman–Crippen MR) is 134 cm³/mol. The van der Waals surface area contributed by atoms with Crippen LogP contribution >= 0.6 is 7.82 Å². The van der Waals surface area contributed by atoms with Gasteiger partial charge in [-0.05, 0) is 38.5 Å². The molecule has 0 aromatic rings. The number of carboxylic acids is 1. The van der Waals surface area contributed by atoms with Crippen LogP contribution in [0.2, 0.25) is 0 Å². The molecule has 1 unspecified atom stereocenters. The number of hydrogen-bond donors (Lipinski definition) is 4. The molecule has 0 heterocycles. The standard InChI is InChI=1S/C24H42NO9P/c1-2-3-4-5-6-7-8-9-10-11-12-13-14-15-16-17-23(27)32-18-21(26)19-33-35(30,31)34-20-22(25)24(28)29/h3-4,6-7,9-10,21-22,26H,2,5,8,11-20,25H2,1H3,(H,28,29)(H,30,31)/b4-3-,7-6-,10-9-/t21-,22+/m1/s1. The molecule has 35 heavy (non-hydrogen) atoms. The lowest BCUT2D eigenvalue weighted by Gasteiger charge is -2.16. The lowest BCUT2D eigenvalue weighted by Crippen LogP contribution is -2.34. The second-order valence-corrected chi connectivity index (χ2v) is 9.40. The second-order valence-electron chi connectivity index (χ2n) is 7.94. The minimum absolute atomic E-state index is 0.224. The number of aliphatic hydroxyl groups excluding tert-OH is 1. The van der Waals surface area contributed by atoms with Crippen LogP contribution in [-0.2, 0) is 27.9 Å². The average molecular weight is 520 g/mol. The summed E-state index contributed by atoms with van der Waals surface area (Å²) in [6.45, 7) is 0.353. The third-order valence-corrected chi connectivity index (χ3v) is 5.58. The number of aliphatic hydroxyl groups is 1. The van der Waals surface area contributed by atoms with E-state index < -0.39 is 51.7 Å². The number of carbonyl (C=O) groups excluding carboxylic acids is 1. The van der Waals surface area contributed by atoms with Gasteiger partial charge >= 0.3 is 19.8 Å². The van der Waals surface area contributed by atoms with Gasteiger partial charge in [-0.25, -0.2) is 4.57 Å². The summed E-state index contributed by atoms with van der Waals surface area (Å²) in [6, 6.07) is -1.49. The van der Waals surface area contributed by atoms with E-state index in [1.807, 2.05) is 0 Å². The average Bonchev–Trinajstić information content (AvgIpc) is 2.82. The molecular formula is C24H42NO9P. The van der Waals surface area contributed by atoms with Crippen molar-refractivity contribution < 1.29 is 43.0 Å². The fourth-order valence-electron chi connectivity index (χ4n) is 2.66. The van der Waals surface area contributed by atoms with Crippen molar-refractivity contribution in [3.63, 3.8) is 0 Å². The number of rotatable bonds is 22. The number of nitrogens with two attached hydrogens (primary N) is 1. The highest BCUT2D eigenvalue weighted by Gasteiger charge is 2.26. The van der Waals surface area contributed by atoms with E-state index in [1.54, 1.807) is 0 Å². The van der Waals surface area contributed by atoms with Crippen LogP contribution in [0.15, 0.2) is 36.5 Å². The first-order chi connectivity index (χ1) is 16.7. The SMILES string of the molecule is CC/C=C\C/C=C\C/C=C\CCCCCCCC(=O)OC[C@@H](O)COP(=O)(O)OC[C@H](N)C(=O)O. The summed E-state index contributed by atoms with van der Waals surface area (Å²) in [5.41, 5.74) is 5.15. The van der Waals surface area contributed by atoms with Crippen molar-refractivity contribution in [1.82, 2.24) is 0 Å². The molecule has 0 aliphatic heterocycles. The monoisotopic (exact) mass is 519 g/mol. The number of carboxylic acid groups (broad SMARTS) is 1. The number of esters is 1. The molecule has 11 heteroatoms. The van der Waals surface area contributed by atoms with E-state index in [9.17, 15) is 24.2 Å². The van der Waals surface area contributed by atoms with E-state index in [0.29, 0.717) is 6.42 Å². The summed E-state index contributed by atoms with van der Waals surface area (Å²) < 4.78 is 25.5. The van der Waals surface area contributed by atoms with Gasteiger partial charge < -0.3 is 25.6 Å². The Hall–Kier alpha value is -1.81. The second kappa shape index (κ2) is 21.5. The third-order valence-electron chi connectivity index (χ3n) is 4.63. The van der Waals surface area contributed by atoms with Crippen molar-refractivity contribution in [1.29, 1.82) is 0 Å². The number of phosphoric acid groups is 1. The van der Waals surface area contributed by atoms with Gasteiger partial charge in [0.15, 0.2) is 0 Å². The molecule has 0 aliphatic carbocycles. The van der Waals surface area contributed by atoms with Crippen molar-refractivity contribution in [3.05, 3.63) is 36.5 Å². The lowest BCUT2D eigenvalue weighted by molar-refractivity contribution is -0.147. The zero-order valence-electron chi connectivity index (χ0n) is 20.6. The maximum absolute atomic E-state index is 11.7. The van der Waals surface area contributed by atoms with Gasteiger partial charge in [0.1, 0.15) is 18.8 Å². The van der Waals surface area contributed by atoms with Crippen LogP contribution in [0.4, 0.5) is 0 Å². The summed E-state index contributed by atoms with van der Waals surface area (Å²) >= 11 is 0. The summed E-state index contributed by atoms with van der Waals surface area (Å²) in [6.07, 6.45) is 20.8. The number of aliphatic carboxylic acids is 1. The van der Waals surface area contributed by atoms with Gasteiger partial charge in [0.05, 0.1) is 13.2 Å². The lowest BCUT2D eigenvalue weighted by atomic mass is 10.1. The van der Waals surface area contributed by atoms with Crippen LogP contribution in [0, 0.1) is 0 Å². The molecule has 0 aromatic carbocycles. The molecule has 0 aromatic heterocycles. The maximum Gasteiger partial charge on any atom is 0.472 e. The minimum Gasteiger partial charge on any atom is -0.480 e. The Morgan fingerprint density at radius 1 is 0.886 bits per heavy atom. The van der Waals surface area contributed by atoms with Gasteiger partial charge in [-0.15, -0.1) is 0 Å². The van der Waals surface area contributed by atoms with Gasteiger partial charge in [0, 0.05) is 6.42 Å². The van der Waals surface area contributed by atoms with E-state index in [0.717, 1.165) is 51.4 Å². The third kappa shape index (κ3) is 22.4. The molecule has 0 fully saturated rings. The summed E-state index contributed by atoms with van der Waals surface area (Å²) in [4.78, 5) is 31.7. The summed E-state index contributed by atoms with van der Waals surface area (Å²) in [5.74, 6) is -1.87. The molecular weight excluding hydrogens is 477 g/mol. The van der Waals surface area contributed by atoms with Crippen molar-refractivity contribution in [2.24, 2.45) is 5.73 Å². The smallest absolute Gasteiger partial charge is 0.472 e. The number of phosphoric ester groups is 1. The first-order valence-electron chi connectivity index (χ1n) is 12.1. The Bertz CT molecular complexity index is 709. The number of hydrogen-bond acceptors (Lipinski definition) is 8. The molecule has 202 valence electrons. The quantitative estimate of drug-likeness (QED) is 0.0710. The molecule has 0 radical (unpaired) electrons. The topological polar surface area (TPSA) is 166 Å². The normalized spacial score (nSPS) is 15.5. The molecule has 0 bridgehead atoms. The molecule has 3 atom stereocenters. The summed E-state index contributed by atoms with van der Waals surface area (Å²) in [5, 5.41) is 18.3. The van der Waals surface area contributed by atoms with E-state index >= 15 is 0 Å². The first-order valence-corrected chi connectivity index (χ1v) is 13.6.